The standard InChI is InChI=1S/C18H22N8O2/c1-11-6-13(23-24(11)3)17(27)25-5-4-18(8-25)9-26-14(7-28-18)21-22-16(26)15-12(2)19-10-20-15/h6,10H,4-5,7-9H2,1-3H3,(H,19,20). The summed E-state index contributed by atoms with van der Waals surface area (Å²) in [4.78, 5) is 22.2. The Balaban J connectivity index is 1.40. The van der Waals surface area contributed by atoms with E-state index in [0.29, 0.717) is 31.9 Å². The first-order valence-corrected chi connectivity index (χ1v) is 9.32. The zero-order chi connectivity index (χ0) is 19.5. The molecular weight excluding hydrogens is 360 g/mol. The summed E-state index contributed by atoms with van der Waals surface area (Å²) in [7, 11) is 1.84. The molecule has 10 nitrogen and oxygen atoms in total. The molecule has 5 rings (SSSR count). The fourth-order valence-electron chi connectivity index (χ4n) is 4.01. The van der Waals surface area contributed by atoms with Crippen LogP contribution in [-0.2, 0) is 24.9 Å². The number of aromatic amines is 1. The number of imidazole rings is 1. The van der Waals surface area contributed by atoms with Gasteiger partial charge in [-0.2, -0.15) is 5.10 Å². The zero-order valence-corrected chi connectivity index (χ0v) is 16.1. The second-order valence-electron chi connectivity index (χ2n) is 7.65. The number of ether oxygens (including phenoxy) is 1. The SMILES string of the molecule is Cc1[nH]cnc1-c1nnc2n1CC1(CCN(C(=O)c3cc(C)n(C)n3)C1)OC2. The predicted molar refractivity (Wildman–Crippen MR) is 98.3 cm³/mol. The van der Waals surface area contributed by atoms with Crippen molar-refractivity contribution in [1.82, 2.24) is 39.4 Å². The number of hydrogen-bond donors (Lipinski definition) is 1. The summed E-state index contributed by atoms with van der Waals surface area (Å²) in [5.41, 5.74) is 2.74. The van der Waals surface area contributed by atoms with Crippen molar-refractivity contribution in [1.29, 1.82) is 0 Å². The van der Waals surface area contributed by atoms with Crippen molar-refractivity contribution < 1.29 is 9.53 Å². The van der Waals surface area contributed by atoms with Gasteiger partial charge in [0.15, 0.2) is 17.3 Å². The first kappa shape index (κ1) is 17.1. The number of rotatable bonds is 2. The highest BCUT2D eigenvalue weighted by Crippen LogP contribution is 2.34. The monoisotopic (exact) mass is 382 g/mol. The molecule has 5 heterocycles. The Kier molecular flexibility index (Phi) is 3.66. The molecule has 1 N–H and O–H groups in total. The average molecular weight is 382 g/mol. The maximum Gasteiger partial charge on any atom is 0.274 e. The second-order valence-corrected chi connectivity index (χ2v) is 7.65. The van der Waals surface area contributed by atoms with Crippen LogP contribution in [0.2, 0.25) is 0 Å². The molecule has 1 fully saturated rings. The summed E-state index contributed by atoms with van der Waals surface area (Å²) < 4.78 is 9.98. The number of carbonyl (C=O) groups is 1. The third kappa shape index (κ3) is 2.55. The topological polar surface area (TPSA) is 107 Å². The molecule has 1 saturated heterocycles. The van der Waals surface area contributed by atoms with E-state index < -0.39 is 5.60 Å². The summed E-state index contributed by atoms with van der Waals surface area (Å²) in [6.45, 7) is 6.04. The highest BCUT2D eigenvalue weighted by Gasteiger charge is 2.45. The number of aromatic nitrogens is 7. The maximum absolute atomic E-state index is 12.9. The van der Waals surface area contributed by atoms with Crippen molar-refractivity contribution in [3.63, 3.8) is 0 Å². The first-order valence-electron chi connectivity index (χ1n) is 9.32. The number of nitrogens with one attached hydrogen (secondary N) is 1. The molecule has 1 unspecified atom stereocenters. The van der Waals surface area contributed by atoms with Crippen molar-refractivity contribution in [2.24, 2.45) is 7.05 Å². The molecule has 2 aliphatic heterocycles. The average Bonchev–Trinajstić information content (AvgIpc) is 3.44. The Labute approximate surface area is 161 Å². The number of carbonyl (C=O) groups excluding carboxylic acids is 1. The van der Waals surface area contributed by atoms with Crippen LogP contribution in [0, 0.1) is 13.8 Å². The highest BCUT2D eigenvalue weighted by atomic mass is 16.5. The number of amides is 1. The van der Waals surface area contributed by atoms with Gasteiger partial charge in [-0.25, -0.2) is 4.98 Å². The van der Waals surface area contributed by atoms with Gasteiger partial charge >= 0.3 is 0 Å². The van der Waals surface area contributed by atoms with Gasteiger partial charge in [-0.05, 0) is 26.3 Å². The summed E-state index contributed by atoms with van der Waals surface area (Å²) >= 11 is 0. The van der Waals surface area contributed by atoms with Gasteiger partial charge in [0.2, 0.25) is 0 Å². The van der Waals surface area contributed by atoms with Crippen molar-refractivity contribution in [2.45, 2.75) is 39.0 Å². The lowest BCUT2D eigenvalue weighted by molar-refractivity contribution is -0.0805. The third-order valence-electron chi connectivity index (χ3n) is 5.76. The lowest BCUT2D eigenvalue weighted by Crippen LogP contribution is -2.45. The number of likely N-dealkylation sites (tertiary alicyclic amines) is 1. The minimum absolute atomic E-state index is 0.0536. The van der Waals surface area contributed by atoms with E-state index in [1.807, 2.05) is 31.9 Å². The van der Waals surface area contributed by atoms with E-state index in [1.165, 1.54) is 0 Å². The molecule has 1 amide bonds. The highest BCUT2D eigenvalue weighted by molar-refractivity contribution is 5.92. The van der Waals surface area contributed by atoms with E-state index in [4.69, 9.17) is 4.74 Å². The molecule has 10 heteroatoms. The zero-order valence-electron chi connectivity index (χ0n) is 16.1. The van der Waals surface area contributed by atoms with Crippen LogP contribution in [0.25, 0.3) is 11.5 Å². The molecule has 0 aromatic carbocycles. The van der Waals surface area contributed by atoms with Gasteiger partial charge in [0.1, 0.15) is 17.9 Å². The number of hydrogen-bond acceptors (Lipinski definition) is 6. The Bertz CT molecular complexity index is 1040. The Morgan fingerprint density at radius 2 is 2.14 bits per heavy atom. The number of nitrogens with zero attached hydrogens (tertiary/aromatic N) is 7. The molecule has 0 aliphatic carbocycles. The lowest BCUT2D eigenvalue weighted by Gasteiger charge is -2.34. The molecule has 0 radical (unpaired) electrons. The summed E-state index contributed by atoms with van der Waals surface area (Å²) in [5, 5.41) is 12.9. The molecule has 28 heavy (non-hydrogen) atoms. The quantitative estimate of drug-likeness (QED) is 0.704. The molecule has 0 saturated carbocycles. The van der Waals surface area contributed by atoms with Gasteiger partial charge in [0.05, 0.1) is 19.4 Å². The van der Waals surface area contributed by atoms with E-state index in [0.717, 1.165) is 35.2 Å². The van der Waals surface area contributed by atoms with Crippen LogP contribution < -0.4 is 0 Å². The van der Waals surface area contributed by atoms with Gasteiger partial charge in [0, 0.05) is 25.0 Å². The van der Waals surface area contributed by atoms with Crippen LogP contribution in [0.1, 0.15) is 34.1 Å². The Morgan fingerprint density at radius 1 is 1.29 bits per heavy atom. The fourth-order valence-corrected chi connectivity index (χ4v) is 4.01. The van der Waals surface area contributed by atoms with Crippen LogP contribution in [0.5, 0.6) is 0 Å². The van der Waals surface area contributed by atoms with Crippen LogP contribution in [0.15, 0.2) is 12.4 Å². The van der Waals surface area contributed by atoms with Gasteiger partial charge in [-0.3, -0.25) is 9.48 Å². The molecule has 3 aromatic heterocycles. The normalized spacial score (nSPS) is 21.5. The van der Waals surface area contributed by atoms with Crippen molar-refractivity contribution in [3.8, 4) is 11.5 Å². The van der Waals surface area contributed by atoms with Crippen molar-refractivity contribution in [3.05, 3.63) is 35.3 Å². The maximum atomic E-state index is 12.9. The van der Waals surface area contributed by atoms with Crippen LogP contribution in [-0.4, -0.2) is 64.0 Å². The minimum Gasteiger partial charge on any atom is -0.363 e. The summed E-state index contributed by atoms with van der Waals surface area (Å²) in [5.74, 6) is 1.47. The molecule has 0 bridgehead atoms. The Hall–Kier alpha value is -3.01. The molecular formula is C18H22N8O2. The van der Waals surface area contributed by atoms with Gasteiger partial charge < -0.3 is 19.2 Å². The largest absolute Gasteiger partial charge is 0.363 e. The fraction of sp³-hybridized carbons (Fsp3) is 0.500. The molecule has 146 valence electrons. The first-order chi connectivity index (χ1) is 13.5. The van der Waals surface area contributed by atoms with Crippen LogP contribution in [0.4, 0.5) is 0 Å². The van der Waals surface area contributed by atoms with Crippen LogP contribution in [0.3, 0.4) is 0 Å². The summed E-state index contributed by atoms with van der Waals surface area (Å²) in [6.07, 6.45) is 2.42. The molecule has 3 aromatic rings. The lowest BCUT2D eigenvalue weighted by atomic mass is 10.0. The van der Waals surface area contributed by atoms with Crippen LogP contribution >= 0.6 is 0 Å². The predicted octanol–water partition coefficient (Wildman–Crippen LogP) is 0.834. The van der Waals surface area contributed by atoms with Crippen molar-refractivity contribution >= 4 is 5.91 Å². The van der Waals surface area contributed by atoms with E-state index in [-0.39, 0.29) is 5.91 Å². The second kappa shape index (κ2) is 5.99. The van der Waals surface area contributed by atoms with Gasteiger partial charge in [-0.1, -0.05) is 0 Å². The van der Waals surface area contributed by atoms with E-state index in [2.05, 4.69) is 29.8 Å². The van der Waals surface area contributed by atoms with E-state index >= 15 is 0 Å². The van der Waals surface area contributed by atoms with Gasteiger partial charge in [0.25, 0.3) is 5.91 Å². The number of aryl methyl sites for hydroxylation is 3. The number of H-pyrrole nitrogens is 1. The summed E-state index contributed by atoms with van der Waals surface area (Å²) in [6, 6.07) is 1.82. The third-order valence-corrected chi connectivity index (χ3v) is 5.76. The molecule has 1 spiro atoms. The van der Waals surface area contributed by atoms with E-state index in [1.54, 1.807) is 11.0 Å². The van der Waals surface area contributed by atoms with Crippen molar-refractivity contribution in [2.75, 3.05) is 13.1 Å². The minimum atomic E-state index is -0.437. The number of fused-ring (bicyclic) bond motifs is 1. The molecule has 2 aliphatic rings. The Morgan fingerprint density at radius 3 is 2.86 bits per heavy atom. The van der Waals surface area contributed by atoms with Gasteiger partial charge in [-0.15, -0.1) is 10.2 Å². The van der Waals surface area contributed by atoms with E-state index in [9.17, 15) is 4.79 Å². The smallest absolute Gasteiger partial charge is 0.274 e. The molecule has 1 atom stereocenters.